The Morgan fingerprint density at radius 1 is 1.32 bits per heavy atom. The van der Waals surface area contributed by atoms with Gasteiger partial charge in [0.25, 0.3) is 5.91 Å². The molecule has 4 rings (SSSR count). The minimum Gasteiger partial charge on any atom is -0.479 e. The highest BCUT2D eigenvalue weighted by atomic mass is 79.9. The van der Waals surface area contributed by atoms with Crippen molar-refractivity contribution in [3.8, 4) is 16.3 Å². The average molecular weight is 458 g/mol. The fraction of sp³-hybridized carbons (Fsp3) is 0.150. The monoisotopic (exact) mass is 457 g/mol. The molecule has 0 saturated carbocycles. The number of carbonyl (C=O) groups excluding carboxylic acids is 2. The molecule has 2 N–H and O–H groups in total. The van der Waals surface area contributed by atoms with E-state index < -0.39 is 6.10 Å². The van der Waals surface area contributed by atoms with E-state index in [1.165, 1.54) is 11.3 Å². The third-order valence-corrected chi connectivity index (χ3v) is 5.59. The van der Waals surface area contributed by atoms with Crippen molar-refractivity contribution in [1.29, 1.82) is 0 Å². The summed E-state index contributed by atoms with van der Waals surface area (Å²) < 4.78 is 6.50. The fourth-order valence-electron chi connectivity index (χ4n) is 2.80. The highest BCUT2D eigenvalue weighted by Crippen LogP contribution is 2.32. The van der Waals surface area contributed by atoms with Gasteiger partial charge in [-0.2, -0.15) is 0 Å². The molecule has 1 atom stereocenters. The van der Waals surface area contributed by atoms with E-state index in [9.17, 15) is 9.59 Å². The minimum absolute atomic E-state index is 0.168. The first-order chi connectivity index (χ1) is 13.5. The fourth-order valence-corrected chi connectivity index (χ4v) is 4.01. The molecule has 2 aromatic carbocycles. The lowest BCUT2D eigenvalue weighted by Crippen LogP contribution is -2.34. The quantitative estimate of drug-likeness (QED) is 0.605. The van der Waals surface area contributed by atoms with Crippen LogP contribution in [0.15, 0.2) is 52.3 Å². The maximum Gasteiger partial charge on any atom is 0.265 e. The van der Waals surface area contributed by atoms with Crippen LogP contribution in [-0.2, 0) is 16.0 Å². The van der Waals surface area contributed by atoms with Crippen molar-refractivity contribution in [2.24, 2.45) is 0 Å². The zero-order valence-electron chi connectivity index (χ0n) is 14.9. The van der Waals surface area contributed by atoms with Crippen LogP contribution >= 0.6 is 27.3 Å². The summed E-state index contributed by atoms with van der Waals surface area (Å²) in [5.41, 5.74) is 2.85. The van der Waals surface area contributed by atoms with Crippen LogP contribution in [0.3, 0.4) is 0 Å². The first kappa shape index (κ1) is 18.6. The van der Waals surface area contributed by atoms with E-state index in [0.29, 0.717) is 22.8 Å². The van der Waals surface area contributed by atoms with E-state index in [4.69, 9.17) is 4.74 Å². The third kappa shape index (κ3) is 4.07. The molecule has 1 aliphatic heterocycles. The van der Waals surface area contributed by atoms with Gasteiger partial charge in [-0.25, -0.2) is 4.98 Å². The number of aromatic nitrogens is 1. The van der Waals surface area contributed by atoms with Gasteiger partial charge in [0, 0.05) is 21.1 Å². The van der Waals surface area contributed by atoms with Gasteiger partial charge in [-0.1, -0.05) is 28.1 Å². The third-order valence-electron chi connectivity index (χ3n) is 4.16. The predicted molar refractivity (Wildman–Crippen MR) is 113 cm³/mol. The van der Waals surface area contributed by atoms with Crippen LogP contribution in [0.25, 0.3) is 10.6 Å². The van der Waals surface area contributed by atoms with Crippen LogP contribution in [0.4, 0.5) is 11.4 Å². The number of rotatable bonds is 4. The molecule has 0 bridgehead atoms. The number of fused-ring (bicyclic) bond motifs is 1. The van der Waals surface area contributed by atoms with Crippen molar-refractivity contribution in [2.75, 3.05) is 10.6 Å². The van der Waals surface area contributed by atoms with Crippen molar-refractivity contribution >= 4 is 50.5 Å². The molecular formula is C20H16BrN3O3S. The number of amides is 2. The summed E-state index contributed by atoms with van der Waals surface area (Å²) in [6.45, 7) is 1.68. The Kier molecular flexibility index (Phi) is 5.15. The number of anilines is 2. The Morgan fingerprint density at radius 3 is 3.00 bits per heavy atom. The number of nitrogens with one attached hydrogen (secondary N) is 2. The van der Waals surface area contributed by atoms with Crippen LogP contribution in [0.1, 0.15) is 12.6 Å². The molecule has 0 saturated heterocycles. The van der Waals surface area contributed by atoms with E-state index >= 15 is 0 Å². The number of halogens is 1. The first-order valence-electron chi connectivity index (χ1n) is 8.60. The molecule has 28 heavy (non-hydrogen) atoms. The topological polar surface area (TPSA) is 80.3 Å². The smallest absolute Gasteiger partial charge is 0.265 e. The summed E-state index contributed by atoms with van der Waals surface area (Å²) >= 11 is 4.96. The van der Waals surface area contributed by atoms with E-state index in [2.05, 4.69) is 31.5 Å². The Balaban J connectivity index is 1.43. The van der Waals surface area contributed by atoms with Crippen molar-refractivity contribution in [3.05, 3.63) is 58.0 Å². The highest BCUT2D eigenvalue weighted by Gasteiger charge is 2.23. The van der Waals surface area contributed by atoms with Crippen LogP contribution in [-0.4, -0.2) is 22.9 Å². The van der Waals surface area contributed by atoms with Gasteiger partial charge in [0.2, 0.25) is 5.91 Å². The number of hydrogen-bond acceptors (Lipinski definition) is 5. The lowest BCUT2D eigenvalue weighted by molar-refractivity contribution is -0.122. The summed E-state index contributed by atoms with van der Waals surface area (Å²) in [4.78, 5) is 28.7. The second kappa shape index (κ2) is 7.73. The number of carbonyl (C=O) groups is 2. The molecule has 1 aromatic heterocycles. The Morgan fingerprint density at radius 2 is 2.18 bits per heavy atom. The van der Waals surface area contributed by atoms with Crippen molar-refractivity contribution < 1.29 is 14.3 Å². The summed E-state index contributed by atoms with van der Waals surface area (Å²) in [7, 11) is 0. The predicted octanol–water partition coefficient (Wildman–Crippen LogP) is 4.47. The van der Waals surface area contributed by atoms with E-state index in [1.807, 2.05) is 29.6 Å². The second-order valence-electron chi connectivity index (χ2n) is 6.34. The van der Waals surface area contributed by atoms with Gasteiger partial charge in [0.1, 0.15) is 10.8 Å². The van der Waals surface area contributed by atoms with Gasteiger partial charge in [-0.05, 0) is 37.3 Å². The Bertz CT molecular complexity index is 1070. The molecule has 0 radical (unpaired) electrons. The molecule has 0 spiro atoms. The molecule has 142 valence electrons. The number of benzene rings is 2. The van der Waals surface area contributed by atoms with Gasteiger partial charge in [-0.3, -0.25) is 9.59 Å². The number of ether oxygens (including phenoxy) is 1. The first-order valence-corrected chi connectivity index (χ1v) is 10.3. The van der Waals surface area contributed by atoms with Gasteiger partial charge in [0.05, 0.1) is 17.8 Å². The Labute approximate surface area is 174 Å². The summed E-state index contributed by atoms with van der Waals surface area (Å²) in [5, 5.41) is 8.36. The molecule has 1 unspecified atom stereocenters. The summed E-state index contributed by atoms with van der Waals surface area (Å²) in [6.07, 6.45) is -0.362. The van der Waals surface area contributed by atoms with Gasteiger partial charge in [-0.15, -0.1) is 11.3 Å². The number of nitrogens with zero attached hydrogens (tertiary/aromatic N) is 1. The molecule has 2 amide bonds. The number of thiazole rings is 1. The molecule has 2 heterocycles. The van der Waals surface area contributed by atoms with E-state index in [-0.39, 0.29) is 18.2 Å². The normalized spacial score (nSPS) is 15.4. The van der Waals surface area contributed by atoms with Crippen LogP contribution in [0, 0.1) is 0 Å². The van der Waals surface area contributed by atoms with Crippen molar-refractivity contribution in [3.63, 3.8) is 0 Å². The Hall–Kier alpha value is -2.71. The van der Waals surface area contributed by atoms with Crippen molar-refractivity contribution in [2.45, 2.75) is 19.4 Å². The number of hydrogen-bond donors (Lipinski definition) is 2. The highest BCUT2D eigenvalue weighted by molar-refractivity contribution is 9.10. The minimum atomic E-state index is -0.531. The lowest BCUT2D eigenvalue weighted by Gasteiger charge is -2.23. The van der Waals surface area contributed by atoms with Crippen molar-refractivity contribution in [1.82, 2.24) is 4.98 Å². The van der Waals surface area contributed by atoms with E-state index in [0.717, 1.165) is 15.0 Å². The summed E-state index contributed by atoms with van der Waals surface area (Å²) in [5.74, 6) is 0.198. The molecule has 1 aliphatic rings. The molecule has 0 fully saturated rings. The SMILES string of the molecule is CC1Oc2ccc(NC(=O)Cc3csc(-c4cccc(Br)c4)n3)cc2NC1=O. The molecular weight excluding hydrogens is 442 g/mol. The van der Waals surface area contributed by atoms with Gasteiger partial charge >= 0.3 is 0 Å². The average Bonchev–Trinajstić information content (AvgIpc) is 3.11. The zero-order valence-corrected chi connectivity index (χ0v) is 17.3. The zero-order chi connectivity index (χ0) is 19.7. The lowest BCUT2D eigenvalue weighted by atomic mass is 10.2. The second-order valence-corrected chi connectivity index (χ2v) is 8.11. The summed E-state index contributed by atoms with van der Waals surface area (Å²) in [6, 6.07) is 13.0. The van der Waals surface area contributed by atoms with Crippen LogP contribution in [0.5, 0.6) is 5.75 Å². The van der Waals surface area contributed by atoms with E-state index in [1.54, 1.807) is 25.1 Å². The molecule has 6 nitrogen and oxygen atoms in total. The van der Waals surface area contributed by atoms with Crippen LogP contribution < -0.4 is 15.4 Å². The molecule has 3 aromatic rings. The van der Waals surface area contributed by atoms with Gasteiger partial charge in [0.15, 0.2) is 6.10 Å². The standard InChI is InChI=1S/C20H16BrN3O3S/c1-11-19(26)24-16-8-14(5-6-17(16)27-11)22-18(25)9-15-10-28-20(23-15)12-3-2-4-13(21)7-12/h2-8,10-11H,9H2,1H3,(H,22,25)(H,24,26). The maximum atomic E-state index is 12.4. The largest absolute Gasteiger partial charge is 0.479 e. The maximum absolute atomic E-state index is 12.4. The van der Waals surface area contributed by atoms with Crippen LogP contribution in [0.2, 0.25) is 0 Å². The molecule has 0 aliphatic carbocycles. The van der Waals surface area contributed by atoms with Gasteiger partial charge < -0.3 is 15.4 Å². The molecule has 8 heteroatoms.